The van der Waals surface area contributed by atoms with E-state index in [-0.39, 0.29) is 30.3 Å². The summed E-state index contributed by atoms with van der Waals surface area (Å²) in [5.41, 5.74) is 7.62. The molecule has 0 radical (unpaired) electrons. The normalized spacial score (nSPS) is 17.5. The van der Waals surface area contributed by atoms with Gasteiger partial charge in [-0.05, 0) is 55.2 Å². The van der Waals surface area contributed by atoms with Gasteiger partial charge in [0.1, 0.15) is 6.54 Å². The van der Waals surface area contributed by atoms with Gasteiger partial charge in [0.2, 0.25) is 5.91 Å². The summed E-state index contributed by atoms with van der Waals surface area (Å²) in [6.07, 6.45) is 5.10. The van der Waals surface area contributed by atoms with E-state index in [0.29, 0.717) is 30.7 Å². The number of rotatable bonds is 13. The Morgan fingerprint density at radius 1 is 1.23 bits per heavy atom. The molecular formula is C22H33FN4O3. The lowest BCUT2D eigenvalue weighted by atomic mass is 9.96. The van der Waals surface area contributed by atoms with Crippen molar-refractivity contribution in [1.29, 1.82) is 0 Å². The molecule has 3 amide bonds. The Balaban J connectivity index is 1.38. The average molecular weight is 421 g/mol. The number of benzene rings is 1. The molecule has 1 saturated carbocycles. The quantitative estimate of drug-likeness (QED) is 0.259. The molecule has 1 aromatic rings. The predicted octanol–water partition coefficient (Wildman–Crippen LogP) is 3.13. The summed E-state index contributed by atoms with van der Waals surface area (Å²) in [5, 5.41) is 2.28. The maximum Gasteiger partial charge on any atom is 0.324 e. The van der Waals surface area contributed by atoms with Crippen LogP contribution in [0.5, 0.6) is 5.75 Å². The molecule has 166 valence electrons. The molecule has 0 spiro atoms. The summed E-state index contributed by atoms with van der Waals surface area (Å²) in [4.78, 5) is 24.2. The smallest absolute Gasteiger partial charge is 0.324 e. The first kappa shape index (κ1) is 22.5. The molecule has 3 N–H and O–H groups in total. The molecule has 1 heterocycles. The van der Waals surface area contributed by atoms with Crippen molar-refractivity contribution in [3.8, 4) is 5.75 Å². The van der Waals surface area contributed by atoms with E-state index in [2.05, 4.69) is 30.0 Å². The molecule has 0 bridgehead atoms. The zero-order valence-electron chi connectivity index (χ0n) is 17.9. The highest BCUT2D eigenvalue weighted by molar-refractivity contribution is 6.01. The van der Waals surface area contributed by atoms with Crippen molar-refractivity contribution in [2.75, 3.05) is 26.2 Å². The van der Waals surface area contributed by atoms with Crippen LogP contribution in [0, 0.1) is 17.7 Å². The van der Waals surface area contributed by atoms with Gasteiger partial charge in [-0.1, -0.05) is 26.3 Å². The second-order valence-electron chi connectivity index (χ2n) is 8.57. The second kappa shape index (κ2) is 10.7. The van der Waals surface area contributed by atoms with Gasteiger partial charge in [-0.15, -0.1) is 0 Å². The first-order valence-electron chi connectivity index (χ1n) is 10.9. The Kier molecular flexibility index (Phi) is 8.04. The van der Waals surface area contributed by atoms with Crippen LogP contribution in [0.2, 0.25) is 0 Å². The fraction of sp³-hybridized carbons (Fsp3) is 0.636. The highest BCUT2D eigenvalue weighted by Gasteiger charge is 2.26. The van der Waals surface area contributed by atoms with Gasteiger partial charge in [-0.2, -0.15) is 0 Å². The lowest BCUT2D eigenvalue weighted by Crippen LogP contribution is -2.38. The van der Waals surface area contributed by atoms with Crippen LogP contribution in [0.25, 0.3) is 0 Å². The number of urea groups is 1. The zero-order valence-corrected chi connectivity index (χ0v) is 17.9. The lowest BCUT2D eigenvalue weighted by Gasteiger charge is -2.24. The number of amides is 3. The van der Waals surface area contributed by atoms with Crippen molar-refractivity contribution in [3.63, 3.8) is 0 Å². The predicted molar refractivity (Wildman–Crippen MR) is 112 cm³/mol. The van der Waals surface area contributed by atoms with Crippen molar-refractivity contribution in [2.45, 2.75) is 52.0 Å². The number of imide groups is 1. The number of unbranched alkanes of at least 4 members (excludes halogenated alkanes) is 2. The molecule has 1 aliphatic heterocycles. The number of nitrogens with one attached hydrogen (secondary N) is 3. The van der Waals surface area contributed by atoms with Crippen LogP contribution in [-0.4, -0.2) is 43.1 Å². The number of halogens is 1. The van der Waals surface area contributed by atoms with Crippen LogP contribution in [0.15, 0.2) is 18.2 Å². The van der Waals surface area contributed by atoms with E-state index in [0.717, 1.165) is 31.4 Å². The minimum Gasteiger partial charge on any atom is -0.490 e. The average Bonchev–Trinajstić information content (AvgIpc) is 3.47. The van der Waals surface area contributed by atoms with Gasteiger partial charge in [0, 0.05) is 19.1 Å². The van der Waals surface area contributed by atoms with Crippen molar-refractivity contribution >= 4 is 11.9 Å². The summed E-state index contributed by atoms with van der Waals surface area (Å²) in [7, 11) is 0. The van der Waals surface area contributed by atoms with Gasteiger partial charge in [0.05, 0.1) is 6.61 Å². The summed E-state index contributed by atoms with van der Waals surface area (Å²) < 4.78 is 19.8. The van der Waals surface area contributed by atoms with Crippen LogP contribution in [0.3, 0.4) is 0 Å². The Bertz CT molecular complexity index is 739. The summed E-state index contributed by atoms with van der Waals surface area (Å²) in [5.74, 6) is 0.673. The van der Waals surface area contributed by atoms with Gasteiger partial charge in [0.15, 0.2) is 11.6 Å². The first-order chi connectivity index (χ1) is 14.4. The van der Waals surface area contributed by atoms with E-state index in [1.165, 1.54) is 18.9 Å². The fourth-order valence-corrected chi connectivity index (χ4v) is 3.49. The highest BCUT2D eigenvalue weighted by Crippen LogP contribution is 2.31. The Labute approximate surface area is 177 Å². The molecule has 8 heteroatoms. The molecule has 3 rings (SSSR count). The van der Waals surface area contributed by atoms with Crippen LogP contribution in [0.4, 0.5) is 9.18 Å². The van der Waals surface area contributed by atoms with Crippen molar-refractivity contribution in [1.82, 2.24) is 21.1 Å². The van der Waals surface area contributed by atoms with Crippen molar-refractivity contribution in [3.05, 3.63) is 29.6 Å². The monoisotopic (exact) mass is 420 g/mol. The third kappa shape index (κ3) is 6.67. The van der Waals surface area contributed by atoms with Crippen LogP contribution in [0.1, 0.15) is 57.6 Å². The number of hydrogen-bond acceptors (Lipinski definition) is 5. The Hall–Kier alpha value is -2.19. The molecule has 0 aromatic heterocycles. The molecule has 1 saturated heterocycles. The largest absolute Gasteiger partial charge is 0.490 e. The van der Waals surface area contributed by atoms with Gasteiger partial charge >= 0.3 is 6.03 Å². The van der Waals surface area contributed by atoms with Crippen molar-refractivity contribution in [2.24, 2.45) is 11.8 Å². The van der Waals surface area contributed by atoms with Gasteiger partial charge in [0.25, 0.3) is 0 Å². The van der Waals surface area contributed by atoms with E-state index in [9.17, 15) is 14.0 Å². The molecule has 30 heavy (non-hydrogen) atoms. The molecule has 1 atom stereocenters. The van der Waals surface area contributed by atoms with E-state index in [4.69, 9.17) is 4.74 Å². The maximum absolute atomic E-state index is 14.1. The van der Waals surface area contributed by atoms with Gasteiger partial charge < -0.3 is 9.64 Å². The molecule has 7 nitrogen and oxygen atoms in total. The molecule has 2 fully saturated rings. The molecule has 1 unspecified atom stereocenters. The topological polar surface area (TPSA) is 82.7 Å². The number of carbonyl (C=O) groups excluding carboxylic acids is 2. The molecular weight excluding hydrogens is 387 g/mol. The first-order valence-corrected chi connectivity index (χ1v) is 10.9. The van der Waals surface area contributed by atoms with E-state index in [1.807, 2.05) is 0 Å². The lowest BCUT2D eigenvalue weighted by molar-refractivity contribution is -0.118. The van der Waals surface area contributed by atoms with E-state index in [1.54, 1.807) is 17.0 Å². The second-order valence-corrected chi connectivity index (χ2v) is 8.57. The summed E-state index contributed by atoms with van der Waals surface area (Å²) in [6, 6.07) is 4.83. The minimum absolute atomic E-state index is 0.0354. The maximum atomic E-state index is 14.1. The van der Waals surface area contributed by atoms with Crippen molar-refractivity contribution < 1.29 is 18.7 Å². The third-order valence-corrected chi connectivity index (χ3v) is 5.51. The summed E-state index contributed by atoms with van der Waals surface area (Å²) in [6.45, 7) is 6.37. The van der Waals surface area contributed by atoms with Gasteiger partial charge in [-0.3, -0.25) is 21.0 Å². The highest BCUT2D eigenvalue weighted by atomic mass is 19.1. The number of carbonyl (C=O) groups is 2. The number of hydrazine groups is 1. The van der Waals surface area contributed by atoms with E-state index >= 15 is 0 Å². The third-order valence-electron chi connectivity index (χ3n) is 5.51. The van der Waals surface area contributed by atoms with Gasteiger partial charge in [-0.25, -0.2) is 9.18 Å². The van der Waals surface area contributed by atoms with Crippen LogP contribution < -0.4 is 20.9 Å². The zero-order chi connectivity index (χ0) is 21.5. The number of hydrogen-bond donors (Lipinski definition) is 3. The fourth-order valence-electron chi connectivity index (χ4n) is 3.49. The Morgan fingerprint density at radius 2 is 2.03 bits per heavy atom. The molecule has 2 aliphatic rings. The molecule has 1 aromatic carbocycles. The van der Waals surface area contributed by atoms with Crippen LogP contribution >= 0.6 is 0 Å². The van der Waals surface area contributed by atoms with Crippen LogP contribution in [-0.2, 0) is 4.79 Å². The number of nitrogens with zero attached hydrogens (tertiary/aromatic N) is 1. The minimum atomic E-state index is -0.316. The number of ether oxygens (including phenoxy) is 1. The Morgan fingerprint density at radius 3 is 2.70 bits per heavy atom. The molecule has 1 aliphatic carbocycles. The SMILES string of the molecule is CC(C)C(NNCCCCCN1CC(=O)NC1=O)c1ccc(F)c(OCC2CC2)c1. The van der Waals surface area contributed by atoms with E-state index < -0.39 is 0 Å². The standard InChI is InChI=1S/C22H33FN4O3/c1-15(2)21(17-8-9-18(23)19(12-17)30-14-16-6-7-16)26-24-10-4-3-5-11-27-13-20(28)25-22(27)29/h8-9,12,15-16,21,24,26H,3-7,10-11,13-14H2,1-2H3,(H,25,28,29). The summed E-state index contributed by atoms with van der Waals surface area (Å²) >= 11 is 0.